The molecule has 21 heavy (non-hydrogen) atoms. The average Bonchev–Trinajstić information content (AvgIpc) is 2.48. The lowest BCUT2D eigenvalue weighted by atomic mass is 9.89. The highest BCUT2D eigenvalue weighted by atomic mass is 16.2. The van der Waals surface area contributed by atoms with Gasteiger partial charge < -0.3 is 10.2 Å². The van der Waals surface area contributed by atoms with E-state index in [1.165, 1.54) is 5.56 Å². The molecule has 2 unspecified atom stereocenters. The molecule has 0 bridgehead atoms. The Kier molecular flexibility index (Phi) is 5.80. The van der Waals surface area contributed by atoms with Crippen LogP contribution in [0.5, 0.6) is 0 Å². The number of benzene rings is 1. The third-order valence-corrected chi connectivity index (χ3v) is 4.52. The number of rotatable bonds is 5. The molecule has 1 aliphatic rings. The molecule has 1 amide bonds. The first kappa shape index (κ1) is 16.0. The van der Waals surface area contributed by atoms with E-state index in [0.717, 1.165) is 38.0 Å². The Bertz CT molecular complexity index is 472. The quantitative estimate of drug-likeness (QED) is 0.903. The first-order valence-corrected chi connectivity index (χ1v) is 8.20. The molecule has 0 radical (unpaired) electrons. The number of nitrogens with one attached hydrogen (secondary N) is 1. The molecular formula is C18H28N2O. The first-order valence-electron chi connectivity index (χ1n) is 8.20. The van der Waals surface area contributed by atoms with Crippen molar-refractivity contribution in [3.8, 4) is 0 Å². The van der Waals surface area contributed by atoms with Crippen molar-refractivity contribution in [2.75, 3.05) is 19.6 Å². The summed E-state index contributed by atoms with van der Waals surface area (Å²) >= 11 is 0. The van der Waals surface area contributed by atoms with Gasteiger partial charge in [-0.3, -0.25) is 4.79 Å². The Morgan fingerprint density at radius 2 is 2.19 bits per heavy atom. The smallest absolute Gasteiger partial charge is 0.227 e. The van der Waals surface area contributed by atoms with Crippen molar-refractivity contribution in [2.45, 2.75) is 46.1 Å². The molecule has 1 heterocycles. The molecular weight excluding hydrogens is 260 g/mol. The summed E-state index contributed by atoms with van der Waals surface area (Å²) in [5, 5.41) is 3.56. The minimum Gasteiger partial charge on any atom is -0.342 e. The Balaban J connectivity index is 1.94. The normalized spacial score (nSPS) is 22.3. The predicted molar refractivity (Wildman–Crippen MR) is 87.3 cm³/mol. The lowest BCUT2D eigenvalue weighted by molar-refractivity contribution is -0.132. The van der Waals surface area contributed by atoms with Crippen LogP contribution < -0.4 is 5.32 Å². The maximum Gasteiger partial charge on any atom is 0.227 e. The fourth-order valence-corrected chi connectivity index (χ4v) is 3.31. The van der Waals surface area contributed by atoms with Crippen molar-refractivity contribution in [3.63, 3.8) is 0 Å². The van der Waals surface area contributed by atoms with Gasteiger partial charge in [0.05, 0.1) is 6.42 Å². The van der Waals surface area contributed by atoms with E-state index in [9.17, 15) is 4.79 Å². The van der Waals surface area contributed by atoms with E-state index >= 15 is 0 Å². The molecule has 3 nitrogen and oxygen atoms in total. The third-order valence-electron chi connectivity index (χ3n) is 4.52. The van der Waals surface area contributed by atoms with Crippen LogP contribution in [0.15, 0.2) is 24.3 Å². The van der Waals surface area contributed by atoms with E-state index in [2.05, 4.69) is 43.1 Å². The van der Waals surface area contributed by atoms with Gasteiger partial charge in [0.2, 0.25) is 5.91 Å². The Morgan fingerprint density at radius 1 is 1.38 bits per heavy atom. The van der Waals surface area contributed by atoms with Crippen LogP contribution in [0, 0.1) is 12.8 Å². The second-order valence-electron chi connectivity index (χ2n) is 6.13. The first-order chi connectivity index (χ1) is 10.1. The summed E-state index contributed by atoms with van der Waals surface area (Å²) in [6.07, 6.45) is 2.74. The van der Waals surface area contributed by atoms with Gasteiger partial charge in [-0.2, -0.15) is 0 Å². The Labute approximate surface area is 128 Å². The number of aryl methyl sites for hydroxylation is 1. The van der Waals surface area contributed by atoms with Crippen molar-refractivity contribution in [3.05, 3.63) is 35.4 Å². The van der Waals surface area contributed by atoms with E-state index in [1.54, 1.807) is 0 Å². The molecule has 0 aliphatic carbocycles. The summed E-state index contributed by atoms with van der Waals surface area (Å²) in [6.45, 7) is 9.25. The van der Waals surface area contributed by atoms with Gasteiger partial charge in [0.1, 0.15) is 0 Å². The topological polar surface area (TPSA) is 32.3 Å². The molecule has 0 saturated carbocycles. The number of likely N-dealkylation sites (tertiary alicyclic amines) is 1. The number of piperidine rings is 1. The number of hydrogen-bond acceptors (Lipinski definition) is 2. The maximum absolute atomic E-state index is 12.5. The molecule has 1 aromatic carbocycles. The predicted octanol–water partition coefficient (Wildman–Crippen LogP) is 2.77. The molecule has 0 aromatic heterocycles. The number of nitrogens with zero attached hydrogens (tertiary/aromatic N) is 1. The van der Waals surface area contributed by atoms with Gasteiger partial charge in [0, 0.05) is 19.1 Å². The number of carbonyl (C=O) groups excluding carboxylic acids is 1. The van der Waals surface area contributed by atoms with Gasteiger partial charge in [0.15, 0.2) is 0 Å². The fraction of sp³-hybridized carbons (Fsp3) is 0.611. The van der Waals surface area contributed by atoms with Crippen molar-refractivity contribution in [1.29, 1.82) is 0 Å². The molecule has 2 rings (SSSR count). The highest BCUT2D eigenvalue weighted by molar-refractivity contribution is 5.79. The lowest BCUT2D eigenvalue weighted by Gasteiger charge is -2.38. The van der Waals surface area contributed by atoms with E-state index in [0.29, 0.717) is 18.4 Å². The number of carbonyl (C=O) groups is 1. The van der Waals surface area contributed by atoms with Gasteiger partial charge in [-0.1, -0.05) is 50.1 Å². The van der Waals surface area contributed by atoms with Crippen LogP contribution in [0.1, 0.15) is 37.8 Å². The van der Waals surface area contributed by atoms with Crippen molar-refractivity contribution < 1.29 is 4.79 Å². The molecule has 1 aromatic rings. The summed E-state index contributed by atoms with van der Waals surface area (Å²) in [7, 11) is 0. The zero-order chi connectivity index (χ0) is 15.2. The van der Waals surface area contributed by atoms with Gasteiger partial charge in [-0.25, -0.2) is 0 Å². The van der Waals surface area contributed by atoms with Crippen LogP contribution in [0.25, 0.3) is 0 Å². The molecule has 1 aliphatic heterocycles. The standard InChI is InChI=1S/C18H28N2O/c1-4-16-13-20(10-9-17(16)19-5-2)18(21)12-15-8-6-7-14(3)11-15/h6-8,11,16-17,19H,4-5,9-10,12-13H2,1-3H3. The Morgan fingerprint density at radius 3 is 2.86 bits per heavy atom. The second kappa shape index (κ2) is 7.60. The summed E-state index contributed by atoms with van der Waals surface area (Å²) in [5.41, 5.74) is 2.35. The number of hydrogen-bond donors (Lipinski definition) is 1. The molecule has 2 atom stereocenters. The number of amides is 1. The van der Waals surface area contributed by atoms with E-state index in [1.807, 2.05) is 12.1 Å². The van der Waals surface area contributed by atoms with Crippen LogP contribution >= 0.6 is 0 Å². The van der Waals surface area contributed by atoms with Crippen LogP contribution in [-0.2, 0) is 11.2 Å². The van der Waals surface area contributed by atoms with E-state index in [4.69, 9.17) is 0 Å². The van der Waals surface area contributed by atoms with Gasteiger partial charge in [-0.05, 0) is 31.4 Å². The van der Waals surface area contributed by atoms with Crippen molar-refractivity contribution in [1.82, 2.24) is 10.2 Å². The van der Waals surface area contributed by atoms with Crippen LogP contribution in [0.3, 0.4) is 0 Å². The maximum atomic E-state index is 12.5. The summed E-state index contributed by atoms with van der Waals surface area (Å²) in [5.74, 6) is 0.856. The van der Waals surface area contributed by atoms with Crippen LogP contribution in [0.4, 0.5) is 0 Å². The molecule has 1 N–H and O–H groups in total. The third kappa shape index (κ3) is 4.31. The molecule has 1 saturated heterocycles. The Hall–Kier alpha value is -1.35. The largest absolute Gasteiger partial charge is 0.342 e. The monoisotopic (exact) mass is 288 g/mol. The minimum absolute atomic E-state index is 0.272. The SMILES string of the molecule is CCNC1CCN(C(=O)Cc2cccc(C)c2)CC1CC. The summed E-state index contributed by atoms with van der Waals surface area (Å²) in [4.78, 5) is 14.6. The summed E-state index contributed by atoms with van der Waals surface area (Å²) in [6, 6.07) is 8.84. The second-order valence-corrected chi connectivity index (χ2v) is 6.13. The zero-order valence-corrected chi connectivity index (χ0v) is 13.6. The molecule has 116 valence electrons. The van der Waals surface area contributed by atoms with Crippen LogP contribution in [0.2, 0.25) is 0 Å². The minimum atomic E-state index is 0.272. The molecule has 3 heteroatoms. The summed E-state index contributed by atoms with van der Waals surface area (Å²) < 4.78 is 0. The molecule has 1 fully saturated rings. The average molecular weight is 288 g/mol. The van der Waals surface area contributed by atoms with Gasteiger partial charge >= 0.3 is 0 Å². The van der Waals surface area contributed by atoms with Crippen LogP contribution in [-0.4, -0.2) is 36.5 Å². The fourth-order valence-electron chi connectivity index (χ4n) is 3.31. The van der Waals surface area contributed by atoms with E-state index in [-0.39, 0.29) is 5.91 Å². The lowest BCUT2D eigenvalue weighted by Crippen LogP contribution is -2.51. The van der Waals surface area contributed by atoms with Gasteiger partial charge in [-0.15, -0.1) is 0 Å². The van der Waals surface area contributed by atoms with Crippen molar-refractivity contribution in [2.24, 2.45) is 5.92 Å². The molecule has 0 spiro atoms. The van der Waals surface area contributed by atoms with E-state index < -0.39 is 0 Å². The van der Waals surface area contributed by atoms with Crippen molar-refractivity contribution >= 4 is 5.91 Å². The highest BCUT2D eigenvalue weighted by Crippen LogP contribution is 2.21. The highest BCUT2D eigenvalue weighted by Gasteiger charge is 2.29. The zero-order valence-electron chi connectivity index (χ0n) is 13.6. The van der Waals surface area contributed by atoms with Gasteiger partial charge in [0.25, 0.3) is 0 Å².